The smallest absolute Gasteiger partial charge is 0.255 e. The summed E-state index contributed by atoms with van der Waals surface area (Å²) in [5.41, 5.74) is 0.396. The van der Waals surface area contributed by atoms with Crippen LogP contribution in [0.15, 0.2) is 22.9 Å². The first-order valence-electron chi connectivity index (χ1n) is 4.33. The Balaban J connectivity index is 2.91. The van der Waals surface area contributed by atoms with Gasteiger partial charge in [0.05, 0.1) is 12.1 Å². The highest BCUT2D eigenvalue weighted by Crippen LogP contribution is 2.10. The Hall–Kier alpha value is -1.92. The highest BCUT2D eigenvalue weighted by molar-refractivity contribution is 9.10. The van der Waals surface area contributed by atoms with Crippen molar-refractivity contribution in [2.75, 3.05) is 13.1 Å². The van der Waals surface area contributed by atoms with E-state index in [0.29, 0.717) is 10.2 Å². The molecule has 0 unspecified atom stereocenters. The van der Waals surface area contributed by atoms with Gasteiger partial charge >= 0.3 is 0 Å². The summed E-state index contributed by atoms with van der Waals surface area (Å²) in [6.45, 7) is -0.210. The molecule has 0 radical (unpaired) electrons. The number of hydrogen-bond donors (Lipinski definition) is 0. The largest absolute Gasteiger partial charge is 0.312 e. The van der Waals surface area contributed by atoms with Gasteiger partial charge in [0.1, 0.15) is 17.7 Å². The summed E-state index contributed by atoms with van der Waals surface area (Å²) in [6.07, 6.45) is 1.48. The van der Waals surface area contributed by atoms with Crippen LogP contribution in [0.25, 0.3) is 0 Å². The van der Waals surface area contributed by atoms with Crippen LogP contribution in [-0.4, -0.2) is 28.9 Å². The van der Waals surface area contributed by atoms with E-state index in [9.17, 15) is 4.79 Å². The fraction of sp³-hybridized carbons (Fsp3) is 0.200. The molecule has 80 valence electrons. The number of hydrogen-bond acceptors (Lipinski definition) is 4. The van der Waals surface area contributed by atoms with E-state index in [0.717, 1.165) is 0 Å². The fourth-order valence-electron chi connectivity index (χ4n) is 1.09. The van der Waals surface area contributed by atoms with Crippen molar-refractivity contribution < 1.29 is 4.79 Å². The van der Waals surface area contributed by atoms with Crippen LogP contribution in [-0.2, 0) is 0 Å². The molecule has 0 saturated carbocycles. The summed E-state index contributed by atoms with van der Waals surface area (Å²) >= 11 is 3.15. The third kappa shape index (κ3) is 3.04. The number of amides is 1. The first-order chi connectivity index (χ1) is 7.69. The van der Waals surface area contributed by atoms with Gasteiger partial charge in [-0.25, -0.2) is 4.98 Å². The highest BCUT2D eigenvalue weighted by Gasteiger charge is 2.15. The molecule has 0 spiro atoms. The number of pyridine rings is 1. The Kier molecular flexibility index (Phi) is 4.43. The van der Waals surface area contributed by atoms with Crippen molar-refractivity contribution in [2.45, 2.75) is 0 Å². The van der Waals surface area contributed by atoms with Crippen molar-refractivity contribution in [1.29, 1.82) is 10.5 Å². The Morgan fingerprint density at radius 1 is 1.44 bits per heavy atom. The van der Waals surface area contributed by atoms with Gasteiger partial charge in [-0.05, 0) is 28.1 Å². The number of nitriles is 2. The number of aromatic nitrogens is 1. The molecule has 0 aromatic carbocycles. The molecule has 1 amide bonds. The van der Waals surface area contributed by atoms with E-state index in [1.54, 1.807) is 6.07 Å². The molecule has 1 aromatic heterocycles. The van der Waals surface area contributed by atoms with Crippen LogP contribution in [0.3, 0.4) is 0 Å². The van der Waals surface area contributed by atoms with Crippen molar-refractivity contribution in [3.8, 4) is 12.1 Å². The molecular formula is C10H7BrN4O. The Bertz CT molecular complexity index is 458. The van der Waals surface area contributed by atoms with Gasteiger partial charge < -0.3 is 4.90 Å². The van der Waals surface area contributed by atoms with E-state index in [1.165, 1.54) is 17.2 Å². The van der Waals surface area contributed by atoms with Gasteiger partial charge in [-0.3, -0.25) is 4.79 Å². The van der Waals surface area contributed by atoms with Gasteiger partial charge in [0.15, 0.2) is 0 Å². The molecule has 0 atom stereocenters. The molecule has 0 aliphatic carbocycles. The average Bonchev–Trinajstić information content (AvgIpc) is 2.28. The molecule has 0 aliphatic heterocycles. The first-order valence-corrected chi connectivity index (χ1v) is 5.13. The second-order valence-corrected chi connectivity index (χ2v) is 3.66. The van der Waals surface area contributed by atoms with Crippen molar-refractivity contribution in [2.24, 2.45) is 0 Å². The average molecular weight is 279 g/mol. The molecule has 1 heterocycles. The molecule has 16 heavy (non-hydrogen) atoms. The molecule has 1 rings (SSSR count). The molecular weight excluding hydrogens is 272 g/mol. The lowest BCUT2D eigenvalue weighted by molar-refractivity contribution is 0.0794. The maximum Gasteiger partial charge on any atom is 0.255 e. The van der Waals surface area contributed by atoms with Gasteiger partial charge in [0.2, 0.25) is 0 Å². The fourth-order valence-corrected chi connectivity index (χ4v) is 1.45. The summed E-state index contributed by atoms with van der Waals surface area (Å²) in [4.78, 5) is 16.9. The van der Waals surface area contributed by atoms with E-state index < -0.39 is 0 Å². The van der Waals surface area contributed by atoms with Gasteiger partial charge in [0.25, 0.3) is 5.91 Å². The van der Waals surface area contributed by atoms with Crippen LogP contribution < -0.4 is 0 Å². The third-order valence-electron chi connectivity index (χ3n) is 1.78. The molecule has 5 nitrogen and oxygen atoms in total. The van der Waals surface area contributed by atoms with Crippen molar-refractivity contribution in [3.63, 3.8) is 0 Å². The first kappa shape index (κ1) is 12.2. The summed E-state index contributed by atoms with van der Waals surface area (Å²) < 4.78 is 0.534. The summed E-state index contributed by atoms with van der Waals surface area (Å²) in [5, 5.41) is 17.1. The SMILES string of the molecule is N#CCN(CC#N)C(=O)c1ccnc(Br)c1. The van der Waals surface area contributed by atoms with Crippen molar-refractivity contribution in [3.05, 3.63) is 28.5 Å². The lowest BCUT2D eigenvalue weighted by Gasteiger charge is -2.15. The second-order valence-electron chi connectivity index (χ2n) is 2.84. The van der Waals surface area contributed by atoms with Gasteiger partial charge in [-0.15, -0.1) is 0 Å². The van der Waals surface area contributed by atoms with Crippen molar-refractivity contribution >= 4 is 21.8 Å². The third-order valence-corrected chi connectivity index (χ3v) is 2.22. The van der Waals surface area contributed by atoms with Gasteiger partial charge in [0, 0.05) is 11.8 Å². The van der Waals surface area contributed by atoms with E-state index in [4.69, 9.17) is 10.5 Å². The minimum absolute atomic E-state index is 0.105. The van der Waals surface area contributed by atoms with Crippen LogP contribution in [0.2, 0.25) is 0 Å². The molecule has 0 bridgehead atoms. The van der Waals surface area contributed by atoms with E-state index in [-0.39, 0.29) is 19.0 Å². The van der Waals surface area contributed by atoms with Crippen LogP contribution >= 0.6 is 15.9 Å². The van der Waals surface area contributed by atoms with Crippen LogP contribution in [0, 0.1) is 22.7 Å². The van der Waals surface area contributed by atoms with E-state index in [1.807, 2.05) is 12.1 Å². The molecule has 0 fully saturated rings. The minimum atomic E-state index is -0.355. The quantitative estimate of drug-likeness (QED) is 0.617. The predicted octanol–water partition coefficient (Wildman–Crippen LogP) is 1.33. The van der Waals surface area contributed by atoms with Gasteiger partial charge in [-0.1, -0.05) is 0 Å². The lowest BCUT2D eigenvalue weighted by atomic mass is 10.2. The molecule has 0 N–H and O–H groups in total. The Morgan fingerprint density at radius 3 is 2.56 bits per heavy atom. The zero-order valence-corrected chi connectivity index (χ0v) is 9.81. The predicted molar refractivity (Wildman–Crippen MR) is 59.1 cm³/mol. The number of nitrogens with zero attached hydrogens (tertiary/aromatic N) is 4. The zero-order chi connectivity index (χ0) is 12.0. The molecule has 1 aromatic rings. The monoisotopic (exact) mass is 278 g/mol. The van der Waals surface area contributed by atoms with E-state index in [2.05, 4.69) is 20.9 Å². The van der Waals surface area contributed by atoms with E-state index >= 15 is 0 Å². The number of halogens is 1. The van der Waals surface area contributed by atoms with Gasteiger partial charge in [-0.2, -0.15) is 10.5 Å². The summed E-state index contributed by atoms with van der Waals surface area (Å²) in [5.74, 6) is -0.355. The van der Waals surface area contributed by atoms with Crippen LogP contribution in [0.5, 0.6) is 0 Å². The Morgan fingerprint density at radius 2 is 2.06 bits per heavy atom. The number of rotatable bonds is 3. The minimum Gasteiger partial charge on any atom is -0.312 e. The number of carbonyl (C=O) groups is 1. The Labute approximate surface area is 101 Å². The normalized spacial score (nSPS) is 8.94. The van der Waals surface area contributed by atoms with Crippen LogP contribution in [0.1, 0.15) is 10.4 Å². The summed E-state index contributed by atoms with van der Waals surface area (Å²) in [6, 6.07) is 6.77. The molecule has 6 heteroatoms. The standard InChI is InChI=1S/C10H7BrN4O/c11-9-7-8(1-4-14-9)10(16)15(5-2-12)6-3-13/h1,4,7H,5-6H2. The zero-order valence-electron chi connectivity index (χ0n) is 8.22. The number of carbonyl (C=O) groups excluding carboxylic acids is 1. The summed E-state index contributed by atoms with van der Waals surface area (Å²) in [7, 11) is 0. The van der Waals surface area contributed by atoms with Crippen LogP contribution in [0.4, 0.5) is 0 Å². The second kappa shape index (κ2) is 5.84. The maximum atomic E-state index is 11.9. The highest BCUT2D eigenvalue weighted by atomic mass is 79.9. The maximum absolute atomic E-state index is 11.9. The molecule has 0 saturated heterocycles. The molecule has 0 aliphatic rings. The van der Waals surface area contributed by atoms with Crippen molar-refractivity contribution in [1.82, 2.24) is 9.88 Å². The topological polar surface area (TPSA) is 80.8 Å². The lowest BCUT2D eigenvalue weighted by Crippen LogP contribution is -2.31.